The second-order valence-corrected chi connectivity index (χ2v) is 9.80. The second kappa shape index (κ2) is 8.99. The van der Waals surface area contributed by atoms with Crippen molar-refractivity contribution in [3.05, 3.63) is 72.9 Å². The van der Waals surface area contributed by atoms with Gasteiger partial charge >= 0.3 is 5.97 Å². The van der Waals surface area contributed by atoms with Gasteiger partial charge in [-0.2, -0.15) is 0 Å². The van der Waals surface area contributed by atoms with Gasteiger partial charge in [0.25, 0.3) is 11.2 Å². The molecule has 0 unspecified atom stereocenters. The summed E-state index contributed by atoms with van der Waals surface area (Å²) in [6, 6.07) is 5.46. The number of nitrogens with zero attached hydrogens (tertiary/aromatic N) is 6. The molecule has 34 heavy (non-hydrogen) atoms. The summed E-state index contributed by atoms with van der Waals surface area (Å²) in [4.78, 5) is 42.9. The lowest BCUT2D eigenvalue weighted by molar-refractivity contribution is -0.387. The normalized spacial score (nSPS) is 13.1. The van der Waals surface area contributed by atoms with Crippen molar-refractivity contribution >= 4 is 39.7 Å². The summed E-state index contributed by atoms with van der Waals surface area (Å²) in [5, 5.41) is 19.7. The Morgan fingerprint density at radius 1 is 1.29 bits per heavy atom. The van der Waals surface area contributed by atoms with Crippen molar-refractivity contribution in [2.24, 2.45) is 7.05 Å². The van der Waals surface area contributed by atoms with Crippen LogP contribution in [0.15, 0.2) is 45.4 Å². The number of rotatable bonds is 6. The highest BCUT2D eigenvalue weighted by atomic mass is 32.2. The van der Waals surface area contributed by atoms with E-state index in [9.17, 15) is 19.7 Å². The van der Waals surface area contributed by atoms with Gasteiger partial charge in [0.15, 0.2) is 10.1 Å². The molecule has 5 rings (SSSR count). The first-order valence-corrected chi connectivity index (χ1v) is 12.0. The maximum Gasteiger partial charge on any atom is 0.338 e. The number of thiazole rings is 1. The maximum atomic E-state index is 12.7. The molecule has 3 heterocycles. The standard InChI is InChI=1S/C21H18N6O5S2/c1-25-11-22-24-21(25)34-17-7-6-12(8-15(17)27(30)31)19(29)32-10-13-9-18(28)26-14-4-2-3-5-16(14)33-20(26)23-13/h6-9,11H,2-5,10H2,1H3. The van der Waals surface area contributed by atoms with Crippen LogP contribution in [0, 0.1) is 10.1 Å². The Labute approximate surface area is 200 Å². The van der Waals surface area contributed by atoms with E-state index in [4.69, 9.17) is 4.74 Å². The minimum Gasteiger partial charge on any atom is -0.456 e. The molecule has 13 heteroatoms. The van der Waals surface area contributed by atoms with Gasteiger partial charge < -0.3 is 9.30 Å². The molecule has 0 spiro atoms. The summed E-state index contributed by atoms with van der Waals surface area (Å²) in [5.41, 5.74) is 0.943. The van der Waals surface area contributed by atoms with Gasteiger partial charge in [-0.3, -0.25) is 19.3 Å². The summed E-state index contributed by atoms with van der Waals surface area (Å²) in [6.45, 7) is -0.212. The van der Waals surface area contributed by atoms with Crippen LogP contribution in [0.1, 0.15) is 39.5 Å². The number of aromatic nitrogens is 5. The van der Waals surface area contributed by atoms with Crippen molar-refractivity contribution in [3.8, 4) is 0 Å². The van der Waals surface area contributed by atoms with Crippen molar-refractivity contribution in [1.82, 2.24) is 24.1 Å². The first kappa shape index (κ1) is 22.2. The Kier molecular flexibility index (Phi) is 5.87. The molecule has 174 valence electrons. The van der Waals surface area contributed by atoms with E-state index in [1.54, 1.807) is 16.0 Å². The Morgan fingerprint density at radius 3 is 2.88 bits per heavy atom. The van der Waals surface area contributed by atoms with Gasteiger partial charge in [-0.25, -0.2) is 9.78 Å². The first-order chi connectivity index (χ1) is 16.4. The quantitative estimate of drug-likeness (QED) is 0.223. The SMILES string of the molecule is Cn1cnnc1Sc1ccc(C(=O)OCc2cc(=O)n3c4c(sc3n2)CCCC4)cc1[N+](=O)[O-]. The molecule has 1 aromatic carbocycles. The summed E-state index contributed by atoms with van der Waals surface area (Å²) in [5.74, 6) is -0.745. The zero-order valence-corrected chi connectivity index (χ0v) is 19.6. The number of hydrogen-bond donors (Lipinski definition) is 0. The molecule has 0 saturated heterocycles. The third kappa shape index (κ3) is 4.19. The summed E-state index contributed by atoms with van der Waals surface area (Å²) >= 11 is 2.56. The molecule has 0 bridgehead atoms. The second-order valence-electron chi connectivity index (χ2n) is 7.72. The van der Waals surface area contributed by atoms with E-state index in [0.717, 1.165) is 43.1 Å². The van der Waals surface area contributed by atoms with Crippen LogP contribution in [0.5, 0.6) is 0 Å². The summed E-state index contributed by atoms with van der Waals surface area (Å²) in [7, 11) is 1.72. The first-order valence-electron chi connectivity index (χ1n) is 10.4. The number of fused-ring (bicyclic) bond motifs is 3. The summed E-state index contributed by atoms with van der Waals surface area (Å²) < 4.78 is 8.59. The molecule has 0 fully saturated rings. The molecule has 0 N–H and O–H groups in total. The van der Waals surface area contributed by atoms with E-state index in [1.807, 2.05) is 0 Å². The number of benzene rings is 1. The minimum atomic E-state index is -0.745. The molecular formula is C21H18N6O5S2. The number of ether oxygens (including phenoxy) is 1. The van der Waals surface area contributed by atoms with Gasteiger partial charge in [0.2, 0.25) is 0 Å². The predicted molar refractivity (Wildman–Crippen MR) is 123 cm³/mol. The van der Waals surface area contributed by atoms with Gasteiger partial charge in [-0.05, 0) is 49.6 Å². The monoisotopic (exact) mass is 498 g/mol. The summed E-state index contributed by atoms with van der Waals surface area (Å²) in [6.07, 6.45) is 5.43. The van der Waals surface area contributed by atoms with E-state index >= 15 is 0 Å². The lowest BCUT2D eigenvalue weighted by atomic mass is 10.0. The van der Waals surface area contributed by atoms with Crippen LogP contribution in [-0.2, 0) is 31.2 Å². The van der Waals surface area contributed by atoms with Crippen LogP contribution in [0.3, 0.4) is 0 Å². The molecule has 11 nitrogen and oxygen atoms in total. The Hall–Kier alpha value is -3.58. The molecule has 0 saturated carbocycles. The van der Waals surface area contributed by atoms with Crippen LogP contribution in [0.4, 0.5) is 5.69 Å². The highest BCUT2D eigenvalue weighted by molar-refractivity contribution is 7.99. The van der Waals surface area contributed by atoms with Crippen LogP contribution < -0.4 is 5.56 Å². The molecule has 1 aliphatic rings. The molecule has 0 aliphatic heterocycles. The lowest BCUT2D eigenvalue weighted by Gasteiger charge is -2.10. The van der Waals surface area contributed by atoms with E-state index in [2.05, 4.69) is 15.2 Å². The van der Waals surface area contributed by atoms with Gasteiger partial charge in [0.05, 0.1) is 21.1 Å². The van der Waals surface area contributed by atoms with Crippen LogP contribution >= 0.6 is 23.1 Å². The fourth-order valence-corrected chi connectivity index (χ4v) is 5.86. The van der Waals surface area contributed by atoms with Crippen molar-refractivity contribution in [2.45, 2.75) is 42.3 Å². The highest BCUT2D eigenvalue weighted by Gasteiger charge is 2.22. The fraction of sp³-hybridized carbons (Fsp3) is 0.286. The average Bonchev–Trinajstić information content (AvgIpc) is 3.40. The maximum absolute atomic E-state index is 12.7. The van der Waals surface area contributed by atoms with Crippen molar-refractivity contribution in [1.29, 1.82) is 0 Å². The van der Waals surface area contributed by atoms with Crippen LogP contribution in [0.2, 0.25) is 0 Å². The number of esters is 1. The highest BCUT2D eigenvalue weighted by Crippen LogP contribution is 2.34. The van der Waals surface area contributed by atoms with Crippen LogP contribution in [0.25, 0.3) is 4.96 Å². The number of aryl methyl sites for hydroxylation is 3. The van der Waals surface area contributed by atoms with Gasteiger partial charge in [-0.1, -0.05) is 0 Å². The zero-order chi connectivity index (χ0) is 23.8. The smallest absolute Gasteiger partial charge is 0.338 e. The zero-order valence-electron chi connectivity index (χ0n) is 18.0. The molecule has 0 amide bonds. The van der Waals surface area contributed by atoms with E-state index in [1.165, 1.54) is 46.8 Å². The number of nitro benzene ring substituents is 1. The Morgan fingerprint density at radius 2 is 2.12 bits per heavy atom. The molecule has 3 aromatic heterocycles. The van der Waals surface area contributed by atoms with Gasteiger partial charge in [0, 0.05) is 29.8 Å². The van der Waals surface area contributed by atoms with Crippen LogP contribution in [-0.4, -0.2) is 35.0 Å². The third-order valence-electron chi connectivity index (χ3n) is 5.43. The molecule has 0 atom stereocenters. The fourth-order valence-electron chi connectivity index (χ4n) is 3.78. The van der Waals surface area contributed by atoms with Crippen molar-refractivity contribution < 1.29 is 14.5 Å². The lowest BCUT2D eigenvalue weighted by Crippen LogP contribution is -2.18. The van der Waals surface area contributed by atoms with E-state index in [-0.39, 0.29) is 23.4 Å². The molecule has 1 aliphatic carbocycles. The van der Waals surface area contributed by atoms with E-state index in [0.29, 0.717) is 20.7 Å². The largest absolute Gasteiger partial charge is 0.456 e. The Bertz CT molecular complexity index is 1490. The average molecular weight is 499 g/mol. The van der Waals surface area contributed by atoms with Crippen molar-refractivity contribution in [2.75, 3.05) is 0 Å². The topological polar surface area (TPSA) is 135 Å². The Balaban J connectivity index is 1.34. The molecule has 0 radical (unpaired) electrons. The predicted octanol–water partition coefficient (Wildman–Crippen LogP) is 3.18. The number of carbonyl (C=O) groups excluding carboxylic acids is 1. The number of carbonyl (C=O) groups is 1. The molecule has 4 aromatic rings. The number of nitro groups is 1. The van der Waals surface area contributed by atoms with E-state index < -0.39 is 10.9 Å². The third-order valence-corrected chi connectivity index (χ3v) is 7.69. The van der Waals surface area contributed by atoms with Crippen molar-refractivity contribution in [3.63, 3.8) is 0 Å². The number of hydrogen-bond acceptors (Lipinski definition) is 10. The van der Waals surface area contributed by atoms with Gasteiger partial charge in [0.1, 0.15) is 12.9 Å². The minimum absolute atomic E-state index is 0.0263. The molecular weight excluding hydrogens is 480 g/mol. The van der Waals surface area contributed by atoms with Gasteiger partial charge in [-0.15, -0.1) is 21.5 Å².